The summed E-state index contributed by atoms with van der Waals surface area (Å²) in [5.41, 5.74) is 1.79. The maximum atomic E-state index is 9.68. The topological polar surface area (TPSA) is 47.9 Å². The molecule has 2 fully saturated rings. The Morgan fingerprint density at radius 2 is 1.96 bits per heavy atom. The molecule has 1 saturated carbocycles. The van der Waals surface area contributed by atoms with Crippen LogP contribution in [0.4, 0.5) is 0 Å². The summed E-state index contributed by atoms with van der Waals surface area (Å²) < 4.78 is 0. The van der Waals surface area contributed by atoms with Crippen LogP contribution >= 0.6 is 0 Å². The third-order valence-corrected chi connectivity index (χ3v) is 5.04. The minimum Gasteiger partial charge on any atom is -0.393 e. The summed E-state index contributed by atoms with van der Waals surface area (Å²) in [6, 6.07) is 10.8. The highest BCUT2D eigenvalue weighted by Crippen LogP contribution is 2.48. The second-order valence-corrected chi connectivity index (χ2v) is 7.05. The number of rotatable bonds is 5. The minimum absolute atomic E-state index is 0.137. The van der Waals surface area contributed by atoms with E-state index < -0.39 is 0 Å². The lowest BCUT2D eigenvalue weighted by Gasteiger charge is -2.32. The molecule has 4 nitrogen and oxygen atoms in total. The van der Waals surface area contributed by atoms with Crippen molar-refractivity contribution in [1.29, 1.82) is 0 Å². The van der Waals surface area contributed by atoms with E-state index >= 15 is 0 Å². The monoisotopic (exact) mass is 315 g/mol. The van der Waals surface area contributed by atoms with E-state index in [1.807, 2.05) is 0 Å². The molecule has 0 bridgehead atoms. The van der Waals surface area contributed by atoms with Gasteiger partial charge in [0.15, 0.2) is 5.96 Å². The number of hydrogen-bond acceptors (Lipinski definition) is 2. The third kappa shape index (κ3) is 4.47. The lowest BCUT2D eigenvalue weighted by Crippen LogP contribution is -2.46. The zero-order valence-corrected chi connectivity index (χ0v) is 14.2. The second kappa shape index (κ2) is 7.35. The lowest BCUT2D eigenvalue weighted by atomic mass is 9.97. The molecule has 1 heterocycles. The van der Waals surface area contributed by atoms with Crippen LogP contribution in [-0.4, -0.2) is 48.2 Å². The predicted molar refractivity (Wildman–Crippen MR) is 94.6 cm³/mol. The van der Waals surface area contributed by atoms with E-state index in [0.717, 1.165) is 51.4 Å². The third-order valence-electron chi connectivity index (χ3n) is 5.04. The number of piperidine rings is 1. The Labute approximate surface area is 139 Å². The van der Waals surface area contributed by atoms with Crippen molar-refractivity contribution in [3.05, 3.63) is 35.9 Å². The SMILES string of the molecule is CCNC(=NCC1(Cc2ccccc2)CC1)N1CCC(O)CC1. The molecular weight excluding hydrogens is 286 g/mol. The summed E-state index contributed by atoms with van der Waals surface area (Å²) >= 11 is 0. The van der Waals surface area contributed by atoms with Crippen molar-refractivity contribution in [1.82, 2.24) is 10.2 Å². The van der Waals surface area contributed by atoms with Gasteiger partial charge in [0.1, 0.15) is 0 Å². The molecule has 1 aliphatic carbocycles. The van der Waals surface area contributed by atoms with Crippen LogP contribution in [0.15, 0.2) is 35.3 Å². The predicted octanol–water partition coefficient (Wildman–Crippen LogP) is 2.43. The van der Waals surface area contributed by atoms with E-state index in [4.69, 9.17) is 4.99 Å². The molecular formula is C19H29N3O. The van der Waals surface area contributed by atoms with Crippen LogP contribution in [0, 0.1) is 5.41 Å². The molecule has 0 unspecified atom stereocenters. The fraction of sp³-hybridized carbons (Fsp3) is 0.632. The van der Waals surface area contributed by atoms with Gasteiger partial charge in [-0.15, -0.1) is 0 Å². The number of nitrogens with zero attached hydrogens (tertiary/aromatic N) is 2. The van der Waals surface area contributed by atoms with Crippen molar-refractivity contribution < 1.29 is 5.11 Å². The van der Waals surface area contributed by atoms with Crippen LogP contribution < -0.4 is 5.32 Å². The molecule has 0 atom stereocenters. The van der Waals surface area contributed by atoms with Gasteiger partial charge in [-0.05, 0) is 50.0 Å². The highest BCUT2D eigenvalue weighted by Gasteiger charge is 2.42. The normalized spacial score (nSPS) is 21.3. The Balaban J connectivity index is 1.61. The molecule has 0 amide bonds. The molecule has 3 rings (SSSR count). The molecule has 1 aromatic carbocycles. The standard InChI is InChI=1S/C19H29N3O/c1-2-20-18(22-12-8-17(23)9-13-22)21-15-19(10-11-19)14-16-6-4-3-5-7-16/h3-7,17,23H,2,8-15H2,1H3,(H,20,21). The van der Waals surface area contributed by atoms with Crippen molar-refractivity contribution in [2.24, 2.45) is 10.4 Å². The number of guanidine groups is 1. The Morgan fingerprint density at radius 1 is 1.26 bits per heavy atom. The fourth-order valence-electron chi connectivity index (χ4n) is 3.34. The summed E-state index contributed by atoms with van der Waals surface area (Å²) in [7, 11) is 0. The summed E-state index contributed by atoms with van der Waals surface area (Å²) in [5, 5.41) is 13.1. The summed E-state index contributed by atoms with van der Waals surface area (Å²) in [5.74, 6) is 1.03. The van der Waals surface area contributed by atoms with Gasteiger partial charge in [-0.25, -0.2) is 0 Å². The number of benzene rings is 1. The van der Waals surface area contributed by atoms with Gasteiger partial charge < -0.3 is 15.3 Å². The van der Waals surface area contributed by atoms with Crippen molar-refractivity contribution in [2.45, 2.75) is 45.1 Å². The van der Waals surface area contributed by atoms with Crippen LogP contribution in [0.2, 0.25) is 0 Å². The lowest BCUT2D eigenvalue weighted by molar-refractivity contribution is 0.108. The van der Waals surface area contributed by atoms with Gasteiger partial charge in [-0.3, -0.25) is 4.99 Å². The smallest absolute Gasteiger partial charge is 0.193 e. The van der Waals surface area contributed by atoms with Crippen LogP contribution in [0.1, 0.15) is 38.2 Å². The van der Waals surface area contributed by atoms with Crippen LogP contribution in [-0.2, 0) is 6.42 Å². The first kappa shape index (κ1) is 16.3. The van der Waals surface area contributed by atoms with Gasteiger partial charge in [0, 0.05) is 26.2 Å². The first-order chi connectivity index (χ1) is 11.2. The maximum Gasteiger partial charge on any atom is 0.193 e. The average Bonchev–Trinajstić information content (AvgIpc) is 3.33. The van der Waals surface area contributed by atoms with Crippen molar-refractivity contribution in [3.63, 3.8) is 0 Å². The first-order valence-electron chi connectivity index (χ1n) is 8.96. The van der Waals surface area contributed by atoms with Crippen molar-refractivity contribution >= 4 is 5.96 Å². The number of aliphatic hydroxyl groups is 1. The Morgan fingerprint density at radius 3 is 2.57 bits per heavy atom. The molecule has 2 aliphatic rings. The van der Waals surface area contributed by atoms with E-state index in [1.54, 1.807) is 0 Å². The summed E-state index contributed by atoms with van der Waals surface area (Å²) in [4.78, 5) is 7.24. The Kier molecular flexibility index (Phi) is 5.21. The molecule has 0 aromatic heterocycles. The van der Waals surface area contributed by atoms with Gasteiger partial charge >= 0.3 is 0 Å². The Bertz CT molecular complexity index is 517. The summed E-state index contributed by atoms with van der Waals surface area (Å²) in [6.45, 7) is 5.72. The van der Waals surface area contributed by atoms with Gasteiger partial charge in [-0.2, -0.15) is 0 Å². The van der Waals surface area contributed by atoms with E-state index in [0.29, 0.717) is 5.41 Å². The van der Waals surface area contributed by atoms with E-state index in [1.165, 1.54) is 18.4 Å². The van der Waals surface area contributed by atoms with Gasteiger partial charge in [0.2, 0.25) is 0 Å². The molecule has 1 aliphatic heterocycles. The fourth-order valence-corrected chi connectivity index (χ4v) is 3.34. The summed E-state index contributed by atoms with van der Waals surface area (Å²) in [6.07, 6.45) is 5.25. The molecule has 0 spiro atoms. The first-order valence-corrected chi connectivity index (χ1v) is 8.96. The zero-order valence-electron chi connectivity index (χ0n) is 14.2. The highest BCUT2D eigenvalue weighted by molar-refractivity contribution is 5.80. The quantitative estimate of drug-likeness (QED) is 0.648. The van der Waals surface area contributed by atoms with Crippen molar-refractivity contribution in [3.8, 4) is 0 Å². The van der Waals surface area contributed by atoms with Crippen LogP contribution in [0.5, 0.6) is 0 Å². The molecule has 0 radical (unpaired) electrons. The maximum absolute atomic E-state index is 9.68. The van der Waals surface area contributed by atoms with Gasteiger partial charge in [0.25, 0.3) is 0 Å². The van der Waals surface area contributed by atoms with Crippen LogP contribution in [0.3, 0.4) is 0 Å². The number of nitrogens with one attached hydrogen (secondary N) is 1. The van der Waals surface area contributed by atoms with E-state index in [2.05, 4.69) is 47.5 Å². The van der Waals surface area contributed by atoms with E-state index in [9.17, 15) is 5.11 Å². The highest BCUT2D eigenvalue weighted by atomic mass is 16.3. The largest absolute Gasteiger partial charge is 0.393 e. The number of aliphatic hydroxyl groups excluding tert-OH is 1. The minimum atomic E-state index is -0.137. The van der Waals surface area contributed by atoms with Gasteiger partial charge in [0.05, 0.1) is 6.10 Å². The number of aliphatic imine (C=N–C) groups is 1. The number of likely N-dealkylation sites (tertiary alicyclic amines) is 1. The molecule has 1 aromatic rings. The van der Waals surface area contributed by atoms with Crippen LogP contribution in [0.25, 0.3) is 0 Å². The number of hydrogen-bond donors (Lipinski definition) is 2. The second-order valence-electron chi connectivity index (χ2n) is 7.05. The molecule has 126 valence electrons. The van der Waals surface area contributed by atoms with Gasteiger partial charge in [-0.1, -0.05) is 30.3 Å². The van der Waals surface area contributed by atoms with E-state index in [-0.39, 0.29) is 6.10 Å². The molecule has 23 heavy (non-hydrogen) atoms. The molecule has 4 heteroatoms. The molecule has 1 saturated heterocycles. The Hall–Kier alpha value is -1.55. The molecule has 2 N–H and O–H groups in total. The zero-order chi connectivity index (χ0) is 16.1. The average molecular weight is 315 g/mol. The van der Waals surface area contributed by atoms with Crippen molar-refractivity contribution in [2.75, 3.05) is 26.2 Å².